The molecule has 0 saturated heterocycles. The van der Waals surface area contributed by atoms with Gasteiger partial charge in [0.1, 0.15) is 5.82 Å². The number of carbonyl (C=O) groups excluding carboxylic acids is 1. The normalized spacial score (nSPS) is 20.1. The highest BCUT2D eigenvalue weighted by Crippen LogP contribution is 2.47. The highest BCUT2D eigenvalue weighted by atomic mass is 19.4. The van der Waals surface area contributed by atoms with E-state index >= 15 is 0 Å². The Kier molecular flexibility index (Phi) is 3.90. The van der Waals surface area contributed by atoms with Gasteiger partial charge in [-0.15, -0.1) is 0 Å². The molecule has 2 amide bonds. The zero-order chi connectivity index (χ0) is 17.4. The van der Waals surface area contributed by atoms with E-state index in [-0.39, 0.29) is 17.7 Å². The van der Waals surface area contributed by atoms with Crippen LogP contribution in [0.2, 0.25) is 0 Å². The number of hydrogen-bond acceptors (Lipinski definition) is 2. The first-order valence-corrected chi connectivity index (χ1v) is 7.18. The minimum atomic E-state index is -4.80. The Bertz CT molecular complexity index is 764. The summed E-state index contributed by atoms with van der Waals surface area (Å²) in [6.07, 6.45) is -3.85. The van der Waals surface area contributed by atoms with Gasteiger partial charge in [-0.2, -0.15) is 13.2 Å². The third-order valence-electron chi connectivity index (χ3n) is 3.98. The van der Waals surface area contributed by atoms with Gasteiger partial charge in [0, 0.05) is 23.1 Å². The number of rotatable bonds is 3. The second-order valence-electron chi connectivity index (χ2n) is 5.49. The second kappa shape index (κ2) is 5.77. The Morgan fingerprint density at radius 2 is 1.96 bits per heavy atom. The van der Waals surface area contributed by atoms with Crippen molar-refractivity contribution in [2.45, 2.75) is 24.6 Å². The van der Waals surface area contributed by atoms with E-state index in [1.165, 1.54) is 6.20 Å². The lowest BCUT2D eigenvalue weighted by Gasteiger charge is -2.41. The number of anilines is 1. The van der Waals surface area contributed by atoms with Crippen LogP contribution in [-0.4, -0.2) is 17.2 Å². The number of nitrogens with one attached hydrogen (secondary N) is 2. The molecule has 2 N–H and O–H groups in total. The van der Waals surface area contributed by atoms with Crippen molar-refractivity contribution in [2.75, 3.05) is 5.32 Å². The van der Waals surface area contributed by atoms with Crippen LogP contribution in [-0.2, 0) is 12.0 Å². The summed E-state index contributed by atoms with van der Waals surface area (Å²) in [4.78, 5) is 15.8. The number of fused-ring (bicyclic) bond motifs is 1. The van der Waals surface area contributed by atoms with E-state index in [2.05, 4.69) is 10.3 Å². The Morgan fingerprint density at radius 3 is 2.62 bits per heavy atom. The monoisotopic (exact) mass is 339 g/mol. The maximum absolute atomic E-state index is 13.9. The van der Waals surface area contributed by atoms with Crippen LogP contribution in [0.4, 0.5) is 28.0 Å². The van der Waals surface area contributed by atoms with Crippen LogP contribution in [0.15, 0.2) is 42.6 Å². The van der Waals surface area contributed by atoms with Crippen LogP contribution in [0, 0.1) is 5.82 Å². The molecule has 1 aliphatic rings. The van der Waals surface area contributed by atoms with Crippen molar-refractivity contribution in [3.8, 4) is 0 Å². The highest BCUT2D eigenvalue weighted by molar-refractivity contribution is 5.94. The summed E-state index contributed by atoms with van der Waals surface area (Å²) in [6, 6.07) is 6.87. The van der Waals surface area contributed by atoms with Crippen LogP contribution >= 0.6 is 0 Å². The predicted octanol–water partition coefficient (Wildman–Crippen LogP) is 3.75. The molecule has 0 radical (unpaired) electrons. The van der Waals surface area contributed by atoms with Gasteiger partial charge in [0.05, 0.1) is 0 Å². The first-order chi connectivity index (χ1) is 11.3. The van der Waals surface area contributed by atoms with Crippen LogP contribution in [0.3, 0.4) is 0 Å². The number of carbonyl (C=O) groups is 1. The summed E-state index contributed by atoms with van der Waals surface area (Å²) in [6.45, 7) is 0. The molecule has 0 saturated carbocycles. The molecule has 0 bridgehead atoms. The number of hydrogen-bond donors (Lipinski definition) is 2. The van der Waals surface area contributed by atoms with Crippen molar-refractivity contribution in [1.82, 2.24) is 10.3 Å². The minimum Gasteiger partial charge on any atom is -0.320 e. The van der Waals surface area contributed by atoms with Crippen molar-refractivity contribution in [2.24, 2.45) is 0 Å². The molecule has 2 aromatic rings. The van der Waals surface area contributed by atoms with Crippen molar-refractivity contribution < 1.29 is 22.4 Å². The topological polar surface area (TPSA) is 54.0 Å². The molecule has 1 aromatic carbocycles. The molecule has 3 rings (SSSR count). The Hall–Kier alpha value is -2.64. The lowest BCUT2D eigenvalue weighted by molar-refractivity contribution is -0.199. The summed E-state index contributed by atoms with van der Waals surface area (Å²) in [5, 5.41) is 4.23. The number of pyridine rings is 1. The standard InChI is InChI=1S/C16H13F4N3O/c17-10-4-5-13-12(9-10)15(16(18,19)20,23-14(24)22-13)7-6-11-3-1-2-8-21-11/h1-5,8-9H,6-7H2,(H2,22,23,24). The van der Waals surface area contributed by atoms with Gasteiger partial charge in [-0.1, -0.05) is 6.07 Å². The third kappa shape index (κ3) is 2.79. The zero-order valence-electron chi connectivity index (χ0n) is 12.3. The second-order valence-corrected chi connectivity index (χ2v) is 5.49. The van der Waals surface area contributed by atoms with E-state index in [1.54, 1.807) is 18.2 Å². The Morgan fingerprint density at radius 1 is 1.17 bits per heavy atom. The predicted molar refractivity (Wildman–Crippen MR) is 78.8 cm³/mol. The van der Waals surface area contributed by atoms with Crippen LogP contribution in [0.1, 0.15) is 17.7 Å². The maximum Gasteiger partial charge on any atom is 0.415 e. The van der Waals surface area contributed by atoms with Gasteiger partial charge < -0.3 is 10.6 Å². The minimum absolute atomic E-state index is 0.0312. The fraction of sp³-hybridized carbons (Fsp3) is 0.250. The molecular formula is C16H13F4N3O. The lowest BCUT2D eigenvalue weighted by Crippen LogP contribution is -2.60. The van der Waals surface area contributed by atoms with E-state index in [1.807, 2.05) is 5.32 Å². The van der Waals surface area contributed by atoms with Crippen LogP contribution < -0.4 is 10.6 Å². The van der Waals surface area contributed by atoms with E-state index in [0.29, 0.717) is 5.69 Å². The quantitative estimate of drug-likeness (QED) is 0.837. The number of alkyl halides is 3. The number of aromatic nitrogens is 1. The lowest BCUT2D eigenvalue weighted by atomic mass is 9.81. The summed E-state index contributed by atoms with van der Waals surface area (Å²) in [7, 11) is 0. The summed E-state index contributed by atoms with van der Waals surface area (Å²) >= 11 is 0. The SMILES string of the molecule is O=C1Nc2ccc(F)cc2C(CCc2ccccn2)(C(F)(F)F)N1. The number of urea groups is 1. The summed E-state index contributed by atoms with van der Waals surface area (Å²) in [5.41, 5.74) is -2.62. The summed E-state index contributed by atoms with van der Waals surface area (Å²) < 4.78 is 55.3. The van der Waals surface area contributed by atoms with E-state index in [0.717, 1.165) is 18.2 Å². The van der Waals surface area contributed by atoms with Gasteiger partial charge >= 0.3 is 12.2 Å². The maximum atomic E-state index is 13.9. The molecule has 0 fully saturated rings. The molecule has 8 heteroatoms. The van der Waals surface area contributed by atoms with Crippen molar-refractivity contribution in [3.05, 3.63) is 59.7 Å². The van der Waals surface area contributed by atoms with Gasteiger partial charge in [0.25, 0.3) is 0 Å². The largest absolute Gasteiger partial charge is 0.415 e. The average molecular weight is 339 g/mol. The first-order valence-electron chi connectivity index (χ1n) is 7.18. The molecule has 1 unspecified atom stereocenters. The third-order valence-corrected chi connectivity index (χ3v) is 3.98. The van der Waals surface area contributed by atoms with Gasteiger partial charge in [-0.3, -0.25) is 4.98 Å². The molecule has 1 atom stereocenters. The molecular weight excluding hydrogens is 326 g/mol. The highest BCUT2D eigenvalue weighted by Gasteiger charge is 2.59. The molecule has 0 aliphatic carbocycles. The van der Waals surface area contributed by atoms with E-state index in [4.69, 9.17) is 0 Å². The molecule has 4 nitrogen and oxygen atoms in total. The number of amides is 2. The molecule has 1 aromatic heterocycles. The van der Waals surface area contributed by atoms with E-state index < -0.39 is 30.0 Å². The average Bonchev–Trinajstić information content (AvgIpc) is 2.53. The van der Waals surface area contributed by atoms with Crippen molar-refractivity contribution in [3.63, 3.8) is 0 Å². The molecule has 126 valence electrons. The van der Waals surface area contributed by atoms with Gasteiger partial charge in [-0.25, -0.2) is 9.18 Å². The molecule has 0 spiro atoms. The zero-order valence-corrected chi connectivity index (χ0v) is 12.3. The molecule has 1 aliphatic heterocycles. The summed E-state index contributed by atoms with van der Waals surface area (Å²) in [5.74, 6) is -0.807. The molecule has 24 heavy (non-hydrogen) atoms. The fourth-order valence-electron chi connectivity index (χ4n) is 2.82. The van der Waals surface area contributed by atoms with Gasteiger partial charge in [0.15, 0.2) is 5.54 Å². The Balaban J connectivity index is 2.06. The van der Waals surface area contributed by atoms with E-state index in [9.17, 15) is 22.4 Å². The number of nitrogens with zero attached hydrogens (tertiary/aromatic N) is 1. The smallest absolute Gasteiger partial charge is 0.320 e. The van der Waals surface area contributed by atoms with Crippen LogP contribution in [0.25, 0.3) is 0 Å². The van der Waals surface area contributed by atoms with Gasteiger partial charge in [0.2, 0.25) is 0 Å². The van der Waals surface area contributed by atoms with Crippen molar-refractivity contribution in [1.29, 1.82) is 0 Å². The number of benzene rings is 1. The van der Waals surface area contributed by atoms with Crippen LogP contribution in [0.5, 0.6) is 0 Å². The number of aryl methyl sites for hydroxylation is 1. The van der Waals surface area contributed by atoms with Crippen molar-refractivity contribution >= 4 is 11.7 Å². The number of halogens is 4. The fourth-order valence-corrected chi connectivity index (χ4v) is 2.82. The van der Waals surface area contributed by atoms with Gasteiger partial charge in [-0.05, 0) is 43.2 Å². The first kappa shape index (κ1) is 16.2. The Labute approximate surface area is 134 Å². The molecule has 2 heterocycles.